The second-order valence-electron chi connectivity index (χ2n) is 1.50. The lowest BCUT2D eigenvalue weighted by atomic mass is 10.6. The Morgan fingerprint density at radius 2 is 2.56 bits per heavy atom. The molecule has 0 saturated heterocycles. The molecule has 0 aliphatic heterocycles. The number of hydrogen-bond acceptors (Lipinski definition) is 3. The molecule has 4 heteroatoms. The lowest BCUT2D eigenvalue weighted by Crippen LogP contribution is -1.93. The third kappa shape index (κ3) is 1.56. The molecule has 1 heterocycles. The Labute approximate surface area is 52.5 Å². The van der Waals surface area contributed by atoms with Crippen LogP contribution in [0, 0.1) is 0 Å². The molecule has 1 rings (SSSR count). The smallest absolute Gasteiger partial charge is 0.137 e. The van der Waals surface area contributed by atoms with Crippen molar-refractivity contribution in [1.29, 1.82) is 0 Å². The zero-order chi connectivity index (χ0) is 6.53. The van der Waals surface area contributed by atoms with Crippen molar-refractivity contribution in [2.45, 2.75) is 6.54 Å². The van der Waals surface area contributed by atoms with E-state index < -0.39 is 0 Å². The van der Waals surface area contributed by atoms with Gasteiger partial charge < -0.3 is 5.11 Å². The van der Waals surface area contributed by atoms with Gasteiger partial charge >= 0.3 is 0 Å². The van der Waals surface area contributed by atoms with Crippen molar-refractivity contribution in [3.05, 3.63) is 25.0 Å². The van der Waals surface area contributed by atoms with Crippen LogP contribution >= 0.6 is 0 Å². The predicted molar refractivity (Wildman–Crippen MR) is 31.8 cm³/mol. The minimum Gasteiger partial charge on any atom is -0.516 e. The van der Waals surface area contributed by atoms with Crippen molar-refractivity contribution in [3.8, 4) is 0 Å². The van der Waals surface area contributed by atoms with E-state index in [1.165, 1.54) is 6.33 Å². The third-order valence-corrected chi connectivity index (χ3v) is 0.864. The first-order valence-corrected chi connectivity index (χ1v) is 2.55. The van der Waals surface area contributed by atoms with Crippen molar-refractivity contribution in [2.75, 3.05) is 0 Å². The molecule has 1 N–H and O–H groups in total. The molecule has 0 bridgehead atoms. The molecule has 4 nitrogen and oxygen atoms in total. The Bertz CT molecular complexity index is 180. The highest BCUT2D eigenvalue weighted by atomic mass is 16.2. The molecule has 0 amide bonds. The summed E-state index contributed by atoms with van der Waals surface area (Å²) in [5.74, 6) is 0. The molecule has 0 aromatic carbocycles. The highest BCUT2D eigenvalue weighted by molar-refractivity contribution is 4.72. The topological polar surface area (TPSA) is 50.9 Å². The first-order chi connectivity index (χ1) is 4.43. The molecular weight excluding hydrogens is 118 g/mol. The molecule has 1 aromatic heterocycles. The van der Waals surface area contributed by atoms with Crippen molar-refractivity contribution >= 4 is 0 Å². The summed E-state index contributed by atoms with van der Waals surface area (Å²) in [6.07, 6.45) is 5.60. The van der Waals surface area contributed by atoms with E-state index in [9.17, 15) is 0 Å². The van der Waals surface area contributed by atoms with Gasteiger partial charge in [-0.2, -0.15) is 5.10 Å². The fraction of sp³-hybridized carbons (Fsp3) is 0.200. The van der Waals surface area contributed by atoms with E-state index >= 15 is 0 Å². The second kappa shape index (κ2) is 2.86. The predicted octanol–water partition coefficient (Wildman–Crippen LogP) is 0.350. The van der Waals surface area contributed by atoms with Crippen molar-refractivity contribution in [2.24, 2.45) is 0 Å². The first-order valence-electron chi connectivity index (χ1n) is 2.55. The summed E-state index contributed by atoms with van der Waals surface area (Å²) in [7, 11) is 0. The van der Waals surface area contributed by atoms with Gasteiger partial charge in [-0.25, -0.2) is 9.67 Å². The lowest BCUT2D eigenvalue weighted by Gasteiger charge is -1.88. The Morgan fingerprint density at radius 1 is 1.67 bits per heavy atom. The summed E-state index contributed by atoms with van der Waals surface area (Å²) in [6.45, 7) is 0.566. The number of aliphatic hydroxyl groups is 1. The molecule has 0 aliphatic rings. The maximum absolute atomic E-state index is 8.22. The number of rotatable bonds is 2. The third-order valence-electron chi connectivity index (χ3n) is 0.864. The van der Waals surface area contributed by atoms with Crippen molar-refractivity contribution in [3.63, 3.8) is 0 Å². The van der Waals surface area contributed by atoms with Gasteiger partial charge in [-0.05, 0) is 6.08 Å². The van der Waals surface area contributed by atoms with E-state index in [2.05, 4.69) is 10.1 Å². The van der Waals surface area contributed by atoms with E-state index in [1.807, 2.05) is 0 Å². The molecule has 48 valence electrons. The molecule has 9 heavy (non-hydrogen) atoms. The van der Waals surface area contributed by atoms with Crippen LogP contribution in [-0.2, 0) is 6.54 Å². The van der Waals surface area contributed by atoms with Crippen LogP contribution in [0.5, 0.6) is 0 Å². The molecular formula is C5H7N3O. The number of allylic oxidation sites excluding steroid dienone is 1. The summed E-state index contributed by atoms with van der Waals surface area (Å²) >= 11 is 0. The van der Waals surface area contributed by atoms with E-state index in [4.69, 9.17) is 5.11 Å². The highest BCUT2D eigenvalue weighted by Crippen LogP contribution is 1.79. The Kier molecular flexibility index (Phi) is 1.85. The van der Waals surface area contributed by atoms with Gasteiger partial charge in [0, 0.05) is 0 Å². The van der Waals surface area contributed by atoms with Crippen LogP contribution in [-0.4, -0.2) is 19.9 Å². The van der Waals surface area contributed by atoms with Gasteiger partial charge in [-0.15, -0.1) is 0 Å². The standard InChI is InChI=1S/C5H7N3O/c9-3-1-2-8-5-6-4-7-8/h1,3-5,9H,2H2. The summed E-state index contributed by atoms with van der Waals surface area (Å²) in [4.78, 5) is 3.71. The zero-order valence-electron chi connectivity index (χ0n) is 4.81. The molecule has 0 fully saturated rings. The van der Waals surface area contributed by atoms with Crippen LogP contribution < -0.4 is 0 Å². The average molecular weight is 125 g/mol. The maximum atomic E-state index is 8.22. The minimum absolute atomic E-state index is 0.566. The molecule has 0 spiro atoms. The van der Waals surface area contributed by atoms with E-state index in [0.717, 1.165) is 6.26 Å². The normalized spacial score (nSPS) is 10.7. The second-order valence-corrected chi connectivity index (χ2v) is 1.50. The quantitative estimate of drug-likeness (QED) is 0.580. The largest absolute Gasteiger partial charge is 0.516 e. The zero-order valence-corrected chi connectivity index (χ0v) is 4.81. The lowest BCUT2D eigenvalue weighted by molar-refractivity contribution is 0.468. The summed E-state index contributed by atoms with van der Waals surface area (Å²) < 4.78 is 1.60. The SMILES string of the molecule is OC=CCn1cncn1. The van der Waals surface area contributed by atoms with Gasteiger partial charge in [0.25, 0.3) is 0 Å². The maximum Gasteiger partial charge on any atom is 0.137 e. The fourth-order valence-corrected chi connectivity index (χ4v) is 0.482. The van der Waals surface area contributed by atoms with Gasteiger partial charge in [0.05, 0.1) is 12.8 Å². The fourth-order valence-electron chi connectivity index (χ4n) is 0.482. The molecule has 0 radical (unpaired) electrons. The number of nitrogens with zero attached hydrogens (tertiary/aromatic N) is 3. The summed E-state index contributed by atoms with van der Waals surface area (Å²) in [5, 5.41) is 12.0. The first kappa shape index (κ1) is 5.81. The number of aromatic nitrogens is 3. The van der Waals surface area contributed by atoms with E-state index in [-0.39, 0.29) is 0 Å². The Balaban J connectivity index is 2.48. The van der Waals surface area contributed by atoms with Crippen LogP contribution in [0.3, 0.4) is 0 Å². The highest BCUT2D eigenvalue weighted by Gasteiger charge is 1.82. The van der Waals surface area contributed by atoms with Gasteiger partial charge in [-0.1, -0.05) is 0 Å². The number of aliphatic hydroxyl groups excluding tert-OH is 1. The van der Waals surface area contributed by atoms with Crippen LogP contribution in [0.2, 0.25) is 0 Å². The van der Waals surface area contributed by atoms with E-state index in [1.54, 1.807) is 17.1 Å². The van der Waals surface area contributed by atoms with Crippen LogP contribution in [0.25, 0.3) is 0 Å². The number of hydrogen-bond donors (Lipinski definition) is 1. The van der Waals surface area contributed by atoms with Crippen LogP contribution in [0.15, 0.2) is 25.0 Å². The minimum atomic E-state index is 0.566. The molecule has 0 unspecified atom stereocenters. The monoisotopic (exact) mass is 125 g/mol. The van der Waals surface area contributed by atoms with Gasteiger partial charge in [0.2, 0.25) is 0 Å². The average Bonchev–Trinajstić information content (AvgIpc) is 2.34. The van der Waals surface area contributed by atoms with Crippen molar-refractivity contribution in [1.82, 2.24) is 14.8 Å². The van der Waals surface area contributed by atoms with Crippen LogP contribution in [0.1, 0.15) is 0 Å². The Hall–Kier alpha value is -1.32. The van der Waals surface area contributed by atoms with Crippen LogP contribution in [0.4, 0.5) is 0 Å². The van der Waals surface area contributed by atoms with Gasteiger partial charge in [0.15, 0.2) is 0 Å². The van der Waals surface area contributed by atoms with E-state index in [0.29, 0.717) is 6.54 Å². The van der Waals surface area contributed by atoms with Crippen molar-refractivity contribution < 1.29 is 5.11 Å². The Morgan fingerprint density at radius 3 is 3.11 bits per heavy atom. The molecule has 0 saturated carbocycles. The summed E-state index contributed by atoms with van der Waals surface area (Å²) in [5.41, 5.74) is 0. The van der Waals surface area contributed by atoms with Gasteiger partial charge in [0.1, 0.15) is 12.7 Å². The molecule has 0 aliphatic carbocycles. The summed E-state index contributed by atoms with van der Waals surface area (Å²) in [6, 6.07) is 0. The molecule has 0 atom stereocenters. The van der Waals surface area contributed by atoms with Gasteiger partial charge in [-0.3, -0.25) is 0 Å². The molecule has 1 aromatic rings.